The zero-order valence-electron chi connectivity index (χ0n) is 16.3. The predicted octanol–water partition coefficient (Wildman–Crippen LogP) is 4.03. The van der Waals surface area contributed by atoms with Gasteiger partial charge in [-0.3, -0.25) is 14.5 Å². The maximum atomic E-state index is 13.2. The van der Waals surface area contributed by atoms with Crippen molar-refractivity contribution in [3.8, 4) is 0 Å². The SMILES string of the molecule is O=C(Nc1ccc(F)cc1)C(c1ccccc1)N1CCN(C(=O)c2cccs2)CC1. The highest BCUT2D eigenvalue weighted by Crippen LogP contribution is 2.25. The maximum Gasteiger partial charge on any atom is 0.264 e. The molecule has 1 aliphatic rings. The highest BCUT2D eigenvalue weighted by molar-refractivity contribution is 7.12. The molecule has 0 radical (unpaired) electrons. The molecule has 1 saturated heterocycles. The minimum Gasteiger partial charge on any atom is -0.335 e. The van der Waals surface area contributed by atoms with Crippen molar-refractivity contribution in [1.29, 1.82) is 0 Å². The van der Waals surface area contributed by atoms with E-state index in [4.69, 9.17) is 0 Å². The van der Waals surface area contributed by atoms with Gasteiger partial charge in [-0.2, -0.15) is 0 Å². The molecule has 1 atom stereocenters. The Morgan fingerprint density at radius 2 is 1.60 bits per heavy atom. The normalized spacial score (nSPS) is 15.6. The Balaban J connectivity index is 1.49. The van der Waals surface area contributed by atoms with Crippen LogP contribution in [0.15, 0.2) is 72.1 Å². The van der Waals surface area contributed by atoms with Gasteiger partial charge < -0.3 is 10.2 Å². The molecule has 0 spiro atoms. The Kier molecular flexibility index (Phi) is 6.21. The molecule has 0 aliphatic carbocycles. The maximum absolute atomic E-state index is 13.2. The van der Waals surface area contributed by atoms with Crippen LogP contribution in [-0.4, -0.2) is 47.8 Å². The van der Waals surface area contributed by atoms with E-state index in [1.165, 1.54) is 23.5 Å². The zero-order valence-corrected chi connectivity index (χ0v) is 17.1. The van der Waals surface area contributed by atoms with Crippen LogP contribution in [0.2, 0.25) is 0 Å². The number of benzene rings is 2. The molecule has 1 aromatic heterocycles. The standard InChI is InChI=1S/C23H22FN3O2S/c24-18-8-10-19(11-9-18)25-22(28)21(17-5-2-1-3-6-17)26-12-14-27(15-13-26)23(29)20-7-4-16-30-20/h1-11,16,21H,12-15H2,(H,25,28). The van der Waals surface area contributed by atoms with Crippen LogP contribution in [0.1, 0.15) is 21.3 Å². The molecule has 0 bridgehead atoms. The molecule has 1 fully saturated rings. The first kappa shape index (κ1) is 20.3. The second kappa shape index (κ2) is 9.19. The minimum atomic E-state index is -0.491. The highest BCUT2D eigenvalue weighted by Gasteiger charge is 2.32. The Bertz CT molecular complexity index is 985. The van der Waals surface area contributed by atoms with Crippen LogP contribution in [0.25, 0.3) is 0 Å². The quantitative estimate of drug-likeness (QED) is 0.674. The van der Waals surface area contributed by atoms with Crippen molar-refractivity contribution >= 4 is 28.8 Å². The number of rotatable bonds is 5. The number of carbonyl (C=O) groups is 2. The third-order valence-electron chi connectivity index (χ3n) is 5.17. The van der Waals surface area contributed by atoms with Gasteiger partial charge in [0.2, 0.25) is 5.91 Å². The largest absolute Gasteiger partial charge is 0.335 e. The molecule has 2 aromatic carbocycles. The molecule has 3 aromatic rings. The number of amides is 2. The van der Waals surface area contributed by atoms with Crippen LogP contribution in [-0.2, 0) is 4.79 Å². The van der Waals surface area contributed by atoms with Gasteiger partial charge in [0.15, 0.2) is 0 Å². The molecule has 4 rings (SSSR count). The van der Waals surface area contributed by atoms with E-state index in [1.807, 2.05) is 52.7 Å². The van der Waals surface area contributed by atoms with Crippen molar-refractivity contribution in [2.45, 2.75) is 6.04 Å². The van der Waals surface area contributed by atoms with Gasteiger partial charge >= 0.3 is 0 Å². The molecular weight excluding hydrogens is 401 g/mol. The van der Waals surface area contributed by atoms with Crippen molar-refractivity contribution in [2.75, 3.05) is 31.5 Å². The number of halogens is 1. The first-order valence-electron chi connectivity index (χ1n) is 9.80. The average Bonchev–Trinajstić information content (AvgIpc) is 3.31. The van der Waals surface area contributed by atoms with Gasteiger partial charge in [-0.25, -0.2) is 4.39 Å². The molecule has 30 heavy (non-hydrogen) atoms. The molecule has 7 heteroatoms. The van der Waals surface area contributed by atoms with Crippen molar-refractivity contribution in [3.63, 3.8) is 0 Å². The fourth-order valence-electron chi connectivity index (χ4n) is 3.65. The van der Waals surface area contributed by atoms with Crippen molar-refractivity contribution < 1.29 is 14.0 Å². The molecule has 2 heterocycles. The predicted molar refractivity (Wildman–Crippen MR) is 116 cm³/mol. The van der Waals surface area contributed by atoms with Crippen molar-refractivity contribution in [3.05, 3.63) is 88.4 Å². The Morgan fingerprint density at radius 3 is 2.23 bits per heavy atom. The Morgan fingerprint density at radius 1 is 0.900 bits per heavy atom. The van der Waals surface area contributed by atoms with Gasteiger partial charge in [0, 0.05) is 31.9 Å². The van der Waals surface area contributed by atoms with E-state index in [1.54, 1.807) is 12.1 Å². The van der Waals surface area contributed by atoms with Gasteiger partial charge in [0.05, 0.1) is 4.88 Å². The fourth-order valence-corrected chi connectivity index (χ4v) is 4.34. The lowest BCUT2D eigenvalue weighted by molar-refractivity contribution is -0.122. The lowest BCUT2D eigenvalue weighted by atomic mass is 10.0. The number of nitrogens with zero attached hydrogens (tertiary/aromatic N) is 2. The van der Waals surface area contributed by atoms with Gasteiger partial charge in [0.25, 0.3) is 5.91 Å². The van der Waals surface area contributed by atoms with Gasteiger partial charge in [-0.15, -0.1) is 11.3 Å². The fraction of sp³-hybridized carbons (Fsp3) is 0.217. The Labute approximate surface area is 178 Å². The molecule has 154 valence electrons. The molecule has 1 unspecified atom stereocenters. The highest BCUT2D eigenvalue weighted by atomic mass is 32.1. The van der Waals surface area contributed by atoms with Crippen LogP contribution < -0.4 is 5.32 Å². The summed E-state index contributed by atoms with van der Waals surface area (Å²) >= 11 is 1.44. The van der Waals surface area contributed by atoms with Crippen LogP contribution >= 0.6 is 11.3 Å². The number of hydrogen-bond donors (Lipinski definition) is 1. The summed E-state index contributed by atoms with van der Waals surface area (Å²) < 4.78 is 13.2. The van der Waals surface area contributed by atoms with Crippen molar-refractivity contribution in [1.82, 2.24) is 9.80 Å². The van der Waals surface area contributed by atoms with Crippen molar-refractivity contribution in [2.24, 2.45) is 0 Å². The van der Waals surface area contributed by atoms with E-state index < -0.39 is 6.04 Å². The van der Waals surface area contributed by atoms with E-state index in [2.05, 4.69) is 10.2 Å². The molecule has 0 saturated carbocycles. The summed E-state index contributed by atoms with van der Waals surface area (Å²) in [6.45, 7) is 2.30. The van der Waals surface area contributed by atoms with Crippen LogP contribution in [0.5, 0.6) is 0 Å². The number of piperazine rings is 1. The lowest BCUT2D eigenvalue weighted by Crippen LogP contribution is -2.51. The Hall–Kier alpha value is -3.03. The smallest absolute Gasteiger partial charge is 0.264 e. The molecular formula is C23H22FN3O2S. The number of thiophene rings is 1. The number of carbonyl (C=O) groups excluding carboxylic acids is 2. The van der Waals surface area contributed by atoms with E-state index in [0.717, 1.165) is 10.4 Å². The molecule has 1 aliphatic heterocycles. The third-order valence-corrected chi connectivity index (χ3v) is 6.03. The van der Waals surface area contributed by atoms with Crippen LogP contribution in [0.3, 0.4) is 0 Å². The van der Waals surface area contributed by atoms with E-state index >= 15 is 0 Å². The summed E-state index contributed by atoms with van der Waals surface area (Å²) in [4.78, 5) is 30.5. The summed E-state index contributed by atoms with van der Waals surface area (Å²) in [5.41, 5.74) is 1.43. The molecule has 5 nitrogen and oxygen atoms in total. The zero-order chi connectivity index (χ0) is 20.9. The number of nitrogens with one attached hydrogen (secondary N) is 1. The lowest BCUT2D eigenvalue weighted by Gasteiger charge is -2.38. The number of hydrogen-bond acceptors (Lipinski definition) is 4. The van der Waals surface area contributed by atoms with E-state index in [-0.39, 0.29) is 17.6 Å². The molecule has 1 N–H and O–H groups in total. The third kappa shape index (κ3) is 4.58. The van der Waals surface area contributed by atoms with E-state index in [9.17, 15) is 14.0 Å². The molecule has 2 amide bonds. The second-order valence-corrected chi connectivity index (χ2v) is 8.06. The monoisotopic (exact) mass is 423 g/mol. The van der Waals surface area contributed by atoms with Crippen LogP contribution in [0, 0.1) is 5.82 Å². The van der Waals surface area contributed by atoms with Gasteiger partial charge in [0.1, 0.15) is 11.9 Å². The summed E-state index contributed by atoms with van der Waals surface area (Å²) in [6.07, 6.45) is 0. The van der Waals surface area contributed by atoms with Crippen LogP contribution in [0.4, 0.5) is 10.1 Å². The number of anilines is 1. The summed E-state index contributed by atoms with van der Waals surface area (Å²) in [5, 5.41) is 4.79. The van der Waals surface area contributed by atoms with E-state index in [0.29, 0.717) is 31.9 Å². The minimum absolute atomic E-state index is 0.0386. The average molecular weight is 424 g/mol. The first-order valence-corrected chi connectivity index (χ1v) is 10.7. The first-order chi connectivity index (χ1) is 14.6. The summed E-state index contributed by atoms with van der Waals surface area (Å²) in [7, 11) is 0. The summed E-state index contributed by atoms with van der Waals surface area (Å²) in [5.74, 6) is -0.485. The topological polar surface area (TPSA) is 52.7 Å². The summed E-state index contributed by atoms with van der Waals surface area (Å²) in [6, 6.07) is 18.5. The van der Waals surface area contributed by atoms with Gasteiger partial charge in [-0.05, 0) is 41.3 Å². The van der Waals surface area contributed by atoms with Gasteiger partial charge in [-0.1, -0.05) is 36.4 Å². The second-order valence-electron chi connectivity index (χ2n) is 7.11.